The fourth-order valence-corrected chi connectivity index (χ4v) is 3.49. The largest absolute Gasteiger partial charge is 0.348 e. The molecule has 0 aromatic heterocycles. The fourth-order valence-electron chi connectivity index (χ4n) is 3.49. The molecule has 1 saturated heterocycles. The van der Waals surface area contributed by atoms with Gasteiger partial charge in [-0.3, -0.25) is 0 Å². The average molecular weight is 186 g/mol. The Labute approximate surface area is 80.5 Å². The van der Waals surface area contributed by atoms with Crippen LogP contribution in [-0.4, -0.2) is 30.7 Å². The molecule has 2 rings (SSSR count). The lowest BCUT2D eigenvalue weighted by atomic mass is 9.69. The van der Waals surface area contributed by atoms with E-state index in [-0.39, 0.29) is 0 Å². The first-order chi connectivity index (χ1) is 6.05. The third-order valence-corrected chi connectivity index (χ3v) is 3.91. The number of rotatable bonds is 1. The molecule has 0 amide bonds. The van der Waals surface area contributed by atoms with E-state index in [0.717, 1.165) is 0 Å². The lowest BCUT2D eigenvalue weighted by Gasteiger charge is -2.45. The van der Waals surface area contributed by atoms with Crippen LogP contribution in [0.5, 0.6) is 0 Å². The monoisotopic (exact) mass is 186 g/mol. The first kappa shape index (κ1) is 9.44. The zero-order valence-corrected chi connectivity index (χ0v) is 8.86. The van der Waals surface area contributed by atoms with E-state index in [4.69, 9.17) is 0 Å². The molecule has 7 N–H and O–H groups in total. The van der Waals surface area contributed by atoms with E-state index < -0.39 is 0 Å². The second kappa shape index (κ2) is 2.94. The highest BCUT2D eigenvalue weighted by molar-refractivity contribution is 4.95. The van der Waals surface area contributed by atoms with Gasteiger partial charge in [0.2, 0.25) is 0 Å². The minimum atomic E-state index is 0.365. The van der Waals surface area contributed by atoms with Crippen molar-refractivity contribution in [3.05, 3.63) is 0 Å². The number of fused-ring (bicyclic) bond motifs is 2. The number of likely N-dealkylation sites (tertiary alicyclic amines) is 1. The van der Waals surface area contributed by atoms with Crippen molar-refractivity contribution in [3.8, 4) is 0 Å². The van der Waals surface area contributed by atoms with Crippen LogP contribution in [-0.2, 0) is 0 Å². The van der Waals surface area contributed by atoms with Gasteiger partial charge >= 0.3 is 0 Å². The summed E-state index contributed by atoms with van der Waals surface area (Å²) in [7, 11) is 0. The van der Waals surface area contributed by atoms with Crippen molar-refractivity contribution in [3.63, 3.8) is 0 Å². The van der Waals surface area contributed by atoms with Gasteiger partial charge in [0.1, 0.15) is 13.1 Å². The van der Waals surface area contributed by atoms with Crippen molar-refractivity contribution in [1.29, 1.82) is 0 Å². The molecule has 1 saturated carbocycles. The Balaban J connectivity index is 2.15. The minimum absolute atomic E-state index is 0.365. The van der Waals surface area contributed by atoms with Gasteiger partial charge in [-0.05, 0) is 13.3 Å². The second-order valence-electron chi connectivity index (χ2n) is 5.49. The van der Waals surface area contributed by atoms with Crippen molar-refractivity contribution >= 4 is 0 Å². The highest BCUT2D eigenvalue weighted by Crippen LogP contribution is 2.30. The molecule has 2 bridgehead atoms. The van der Waals surface area contributed by atoms with E-state index in [1.807, 2.05) is 0 Å². The molecule has 1 heterocycles. The zero-order valence-electron chi connectivity index (χ0n) is 8.86. The van der Waals surface area contributed by atoms with Gasteiger partial charge < -0.3 is 16.4 Å². The summed E-state index contributed by atoms with van der Waals surface area (Å²) in [6.45, 7) is 6.08. The van der Waals surface area contributed by atoms with Gasteiger partial charge in [0, 0.05) is 12.8 Å². The van der Waals surface area contributed by atoms with Gasteiger partial charge in [0.25, 0.3) is 0 Å². The van der Waals surface area contributed by atoms with Crippen LogP contribution in [0.25, 0.3) is 0 Å². The molecule has 1 aliphatic carbocycles. The number of likely N-dealkylation sites (N-methyl/N-ethyl adjacent to an activating group) is 1. The van der Waals surface area contributed by atoms with Crippen molar-refractivity contribution < 1.29 is 16.4 Å². The smallest absolute Gasteiger partial charge is 0.150 e. The maximum atomic E-state index is 4.43. The third-order valence-electron chi connectivity index (χ3n) is 3.91. The van der Waals surface area contributed by atoms with E-state index in [2.05, 4.69) is 18.4 Å². The van der Waals surface area contributed by atoms with Gasteiger partial charge in [-0.1, -0.05) is 0 Å². The lowest BCUT2D eigenvalue weighted by Crippen LogP contribution is -3.22. The summed E-state index contributed by atoms with van der Waals surface area (Å²) in [5.74, 6) is 0. The van der Waals surface area contributed by atoms with Crippen LogP contribution >= 0.6 is 0 Å². The van der Waals surface area contributed by atoms with Crippen LogP contribution in [0.4, 0.5) is 0 Å². The number of hydrogen-bond acceptors (Lipinski definition) is 0. The van der Waals surface area contributed by atoms with E-state index >= 15 is 0 Å². The molecule has 3 nitrogen and oxygen atoms in total. The highest BCUT2D eigenvalue weighted by atomic mass is 15.2. The molecule has 0 radical (unpaired) electrons. The molecule has 2 atom stereocenters. The third kappa shape index (κ3) is 1.73. The molecule has 1 aliphatic heterocycles. The van der Waals surface area contributed by atoms with Gasteiger partial charge in [-0.2, -0.15) is 0 Å². The first-order valence-electron chi connectivity index (χ1n) is 5.60. The van der Waals surface area contributed by atoms with E-state index in [1.54, 1.807) is 4.90 Å². The van der Waals surface area contributed by atoms with E-state index in [1.165, 1.54) is 45.3 Å². The molecule has 3 heteroatoms. The number of quaternary nitrogens is 3. The van der Waals surface area contributed by atoms with Gasteiger partial charge in [0.15, 0.2) is 11.1 Å². The second-order valence-corrected chi connectivity index (χ2v) is 5.49. The summed E-state index contributed by atoms with van der Waals surface area (Å²) in [6.07, 6.45) is 5.27. The van der Waals surface area contributed by atoms with Crippen LogP contribution in [0.15, 0.2) is 0 Å². The normalized spacial score (nSPS) is 50.5. The predicted octanol–water partition coefficient (Wildman–Crippen LogP) is -2.56. The Bertz CT molecular complexity index is 188. The Hall–Kier alpha value is -0.120. The zero-order chi connectivity index (χ0) is 9.53. The summed E-state index contributed by atoms with van der Waals surface area (Å²) in [5, 5.41) is 0. The maximum Gasteiger partial charge on any atom is 0.150 e. The van der Waals surface area contributed by atoms with Crippen LogP contribution in [0.2, 0.25) is 0 Å². The van der Waals surface area contributed by atoms with Gasteiger partial charge in [0.05, 0.1) is 13.0 Å². The predicted molar refractivity (Wildman–Crippen MR) is 50.9 cm³/mol. The number of nitrogens with one attached hydrogen (secondary N) is 1. The minimum Gasteiger partial charge on any atom is -0.348 e. The first-order valence-corrected chi connectivity index (χ1v) is 5.60. The van der Waals surface area contributed by atoms with Crippen LogP contribution in [0, 0.1) is 0 Å². The molecule has 76 valence electrons. The molecule has 13 heavy (non-hydrogen) atoms. The van der Waals surface area contributed by atoms with Crippen LogP contribution in [0.3, 0.4) is 0 Å². The van der Waals surface area contributed by atoms with Crippen molar-refractivity contribution in [2.75, 3.05) is 19.6 Å². The van der Waals surface area contributed by atoms with Gasteiger partial charge in [-0.15, -0.1) is 0 Å². The average Bonchev–Trinajstić information content (AvgIpc) is 2.00. The maximum absolute atomic E-state index is 4.43. The van der Waals surface area contributed by atoms with Crippen LogP contribution < -0.4 is 16.4 Å². The summed E-state index contributed by atoms with van der Waals surface area (Å²) in [4.78, 5) is 1.72. The van der Waals surface area contributed by atoms with Crippen LogP contribution in [0.1, 0.15) is 32.6 Å². The summed E-state index contributed by atoms with van der Waals surface area (Å²) in [5.41, 5.74) is 9.59. The molecule has 2 unspecified atom stereocenters. The fraction of sp³-hybridized carbons (Fsp3) is 1.00. The van der Waals surface area contributed by atoms with Crippen molar-refractivity contribution in [2.24, 2.45) is 0 Å². The molecule has 0 aromatic carbocycles. The summed E-state index contributed by atoms with van der Waals surface area (Å²) >= 11 is 0. The number of hydrogen-bond donors (Lipinski definition) is 3. The van der Waals surface area contributed by atoms with Gasteiger partial charge in [-0.25, -0.2) is 0 Å². The summed E-state index contributed by atoms with van der Waals surface area (Å²) < 4.78 is 0. The Morgan fingerprint density at radius 3 is 2.15 bits per heavy atom. The Morgan fingerprint density at radius 2 is 1.69 bits per heavy atom. The van der Waals surface area contributed by atoms with E-state index in [0.29, 0.717) is 11.1 Å². The molecular formula is C10H24N3+3. The highest BCUT2D eigenvalue weighted by Gasteiger charge is 2.54. The Kier molecular flexibility index (Phi) is 2.13. The van der Waals surface area contributed by atoms with E-state index in [9.17, 15) is 0 Å². The molecule has 2 aliphatic rings. The quantitative estimate of drug-likeness (QED) is 0.403. The number of piperidine rings is 1. The standard InChI is InChI=1S/C10H21N3/c1-2-13-7-9(11)4-3-5-10(12,6-9)8-13/h2-8,11-12H2,1H3/p+3. The molecule has 2 fully saturated rings. The van der Waals surface area contributed by atoms with Crippen molar-refractivity contribution in [2.45, 2.75) is 43.7 Å². The molecule has 0 aromatic rings. The molecule has 0 spiro atoms. The Morgan fingerprint density at radius 1 is 1.15 bits per heavy atom. The topological polar surface area (TPSA) is 59.7 Å². The molecular weight excluding hydrogens is 162 g/mol. The van der Waals surface area contributed by atoms with Crippen molar-refractivity contribution in [1.82, 2.24) is 0 Å². The summed E-state index contributed by atoms with van der Waals surface area (Å²) in [6, 6.07) is 0. The SMILES string of the molecule is CC[NH+]1CC2([NH3+])CCCC([NH3+])(C1)C2. The lowest BCUT2D eigenvalue weighted by molar-refractivity contribution is -0.939.